The van der Waals surface area contributed by atoms with Gasteiger partial charge in [0, 0.05) is 36.9 Å². The highest BCUT2D eigenvalue weighted by Gasteiger charge is 2.09. The quantitative estimate of drug-likeness (QED) is 0.464. The minimum Gasteiger partial charge on any atom is -0.497 e. The Kier molecular flexibility index (Phi) is 6.13. The molecular weight excluding hydrogens is 374 g/mol. The molecule has 0 aliphatic rings. The molecule has 0 bridgehead atoms. The predicted octanol–water partition coefficient (Wildman–Crippen LogP) is 3.40. The van der Waals surface area contributed by atoms with E-state index in [1.807, 2.05) is 0 Å². The van der Waals surface area contributed by atoms with Gasteiger partial charge in [-0.25, -0.2) is 0 Å². The Morgan fingerprint density at radius 2 is 2.00 bits per heavy atom. The number of nitrogens with zero attached hydrogens (tertiary/aromatic N) is 2. The molecule has 3 rings (SSSR count). The number of amides is 1. The number of furan rings is 1. The van der Waals surface area contributed by atoms with Gasteiger partial charge in [0.2, 0.25) is 5.91 Å². The van der Waals surface area contributed by atoms with Crippen LogP contribution in [-0.2, 0) is 11.3 Å². The van der Waals surface area contributed by atoms with Gasteiger partial charge in [0.25, 0.3) is 0 Å². The molecule has 1 amide bonds. The molecule has 0 spiro atoms. The van der Waals surface area contributed by atoms with Gasteiger partial charge >= 0.3 is 0 Å². The number of nitrogens with one attached hydrogen (secondary N) is 1. The number of aromatic nitrogens is 2. The lowest BCUT2D eigenvalue weighted by Crippen LogP contribution is -2.09. The number of carbonyl (C=O) groups excluding carboxylic acids is 2. The molecule has 0 aliphatic carbocycles. The van der Waals surface area contributed by atoms with E-state index < -0.39 is 0 Å². The largest absolute Gasteiger partial charge is 0.497 e. The van der Waals surface area contributed by atoms with E-state index in [4.69, 9.17) is 13.9 Å². The molecule has 0 fully saturated rings. The van der Waals surface area contributed by atoms with Crippen LogP contribution in [0, 0.1) is 0 Å². The summed E-state index contributed by atoms with van der Waals surface area (Å²) in [5.41, 5.74) is 0.744. The zero-order valence-electron chi connectivity index (χ0n) is 16.3. The summed E-state index contributed by atoms with van der Waals surface area (Å²) in [7, 11) is 3.13. The number of benzene rings is 1. The van der Waals surface area contributed by atoms with Crippen molar-refractivity contribution in [2.75, 3.05) is 19.5 Å². The van der Waals surface area contributed by atoms with E-state index in [0.29, 0.717) is 35.4 Å². The van der Waals surface area contributed by atoms with Gasteiger partial charge in [-0.1, -0.05) is 0 Å². The standard InChI is InChI=1S/C21H21N3O5/c1-14(25)18-8-7-17(29-18)13-24-11-10-20(23-24)22-21(26)9-5-15-4-6-16(27-2)12-19(15)28-3/h4-12H,13H2,1-3H3,(H,22,23,26). The van der Waals surface area contributed by atoms with Crippen LogP contribution in [0.4, 0.5) is 5.82 Å². The zero-order valence-corrected chi connectivity index (χ0v) is 16.3. The van der Waals surface area contributed by atoms with Gasteiger partial charge in [-0.2, -0.15) is 5.10 Å². The van der Waals surface area contributed by atoms with Crippen molar-refractivity contribution in [3.63, 3.8) is 0 Å². The molecule has 2 heterocycles. The minimum absolute atomic E-state index is 0.134. The average molecular weight is 395 g/mol. The molecule has 2 aromatic heterocycles. The van der Waals surface area contributed by atoms with E-state index in [0.717, 1.165) is 5.56 Å². The predicted molar refractivity (Wildman–Crippen MR) is 107 cm³/mol. The van der Waals surface area contributed by atoms with Gasteiger partial charge in [-0.05, 0) is 30.3 Å². The van der Waals surface area contributed by atoms with Crippen LogP contribution in [-0.4, -0.2) is 35.7 Å². The third-order valence-electron chi connectivity index (χ3n) is 4.07. The minimum atomic E-state index is -0.329. The molecule has 0 radical (unpaired) electrons. The van der Waals surface area contributed by atoms with Crippen LogP contribution in [0.2, 0.25) is 0 Å². The normalized spacial score (nSPS) is 10.9. The van der Waals surface area contributed by atoms with Crippen molar-refractivity contribution in [3.8, 4) is 11.5 Å². The summed E-state index contributed by atoms with van der Waals surface area (Å²) >= 11 is 0. The molecule has 8 heteroatoms. The van der Waals surface area contributed by atoms with Gasteiger partial charge in [-0.3, -0.25) is 14.3 Å². The number of ether oxygens (including phenoxy) is 2. The summed E-state index contributed by atoms with van der Waals surface area (Å²) in [5.74, 6) is 2.11. The van der Waals surface area contributed by atoms with E-state index in [-0.39, 0.29) is 11.7 Å². The topological polar surface area (TPSA) is 95.6 Å². The first kappa shape index (κ1) is 19.9. The molecule has 0 atom stereocenters. The molecule has 0 aliphatic heterocycles. The van der Waals surface area contributed by atoms with Gasteiger partial charge in [0.05, 0.1) is 20.8 Å². The summed E-state index contributed by atoms with van der Waals surface area (Å²) in [6.45, 7) is 1.79. The average Bonchev–Trinajstić information content (AvgIpc) is 3.36. The van der Waals surface area contributed by atoms with E-state index >= 15 is 0 Å². The Hall–Kier alpha value is -3.81. The summed E-state index contributed by atoms with van der Waals surface area (Å²) < 4.78 is 17.5. The molecule has 150 valence electrons. The van der Waals surface area contributed by atoms with Gasteiger partial charge in [-0.15, -0.1) is 0 Å². The van der Waals surface area contributed by atoms with E-state index in [1.165, 1.54) is 13.0 Å². The van der Waals surface area contributed by atoms with Crippen LogP contribution in [0.25, 0.3) is 6.08 Å². The Labute approximate surface area is 167 Å². The van der Waals surface area contributed by atoms with Crippen LogP contribution < -0.4 is 14.8 Å². The van der Waals surface area contributed by atoms with Crippen molar-refractivity contribution >= 4 is 23.6 Å². The lowest BCUT2D eigenvalue weighted by atomic mass is 10.1. The molecule has 0 unspecified atom stereocenters. The highest BCUT2D eigenvalue weighted by atomic mass is 16.5. The fourth-order valence-corrected chi connectivity index (χ4v) is 2.62. The second-order valence-electron chi connectivity index (χ2n) is 6.15. The number of anilines is 1. The number of hydrogen-bond acceptors (Lipinski definition) is 6. The number of hydrogen-bond donors (Lipinski definition) is 1. The van der Waals surface area contributed by atoms with Crippen LogP contribution in [0.1, 0.15) is 28.8 Å². The SMILES string of the molecule is COc1ccc(C=CC(=O)Nc2ccn(Cc3ccc(C(C)=O)o3)n2)c(OC)c1. The molecule has 3 aromatic rings. The second-order valence-corrected chi connectivity index (χ2v) is 6.15. The summed E-state index contributed by atoms with van der Waals surface area (Å²) in [4.78, 5) is 23.5. The van der Waals surface area contributed by atoms with Crippen molar-refractivity contribution in [1.29, 1.82) is 0 Å². The number of methoxy groups -OCH3 is 2. The highest BCUT2D eigenvalue weighted by Crippen LogP contribution is 2.25. The van der Waals surface area contributed by atoms with E-state index in [2.05, 4.69) is 10.4 Å². The van der Waals surface area contributed by atoms with Crippen LogP contribution in [0.3, 0.4) is 0 Å². The lowest BCUT2D eigenvalue weighted by Gasteiger charge is -2.07. The fraction of sp³-hybridized carbons (Fsp3) is 0.190. The number of Topliss-reactive ketones (excluding diaryl/α,β-unsaturated/α-hetero) is 1. The van der Waals surface area contributed by atoms with E-state index in [1.54, 1.807) is 67.6 Å². The number of carbonyl (C=O) groups is 2. The Balaban J connectivity index is 1.61. The van der Waals surface area contributed by atoms with Crippen molar-refractivity contribution in [2.45, 2.75) is 13.5 Å². The van der Waals surface area contributed by atoms with Crippen molar-refractivity contribution in [1.82, 2.24) is 9.78 Å². The van der Waals surface area contributed by atoms with Crippen molar-refractivity contribution in [3.05, 3.63) is 65.8 Å². The van der Waals surface area contributed by atoms with Crippen LogP contribution in [0.15, 0.2) is 53.1 Å². The molecule has 1 aromatic carbocycles. The summed E-state index contributed by atoms with van der Waals surface area (Å²) in [6.07, 6.45) is 4.76. The Bertz CT molecular complexity index is 1050. The smallest absolute Gasteiger partial charge is 0.249 e. The number of ketones is 1. The molecule has 29 heavy (non-hydrogen) atoms. The molecule has 8 nitrogen and oxygen atoms in total. The molecule has 0 saturated carbocycles. The van der Waals surface area contributed by atoms with Crippen molar-refractivity contribution in [2.24, 2.45) is 0 Å². The first-order valence-electron chi connectivity index (χ1n) is 8.82. The van der Waals surface area contributed by atoms with Crippen LogP contribution in [0.5, 0.6) is 11.5 Å². The van der Waals surface area contributed by atoms with Gasteiger partial charge in [0.15, 0.2) is 17.4 Å². The maximum Gasteiger partial charge on any atom is 0.249 e. The third kappa shape index (κ3) is 5.13. The Morgan fingerprint density at radius 3 is 2.69 bits per heavy atom. The maximum atomic E-state index is 12.2. The van der Waals surface area contributed by atoms with E-state index in [9.17, 15) is 9.59 Å². The highest BCUT2D eigenvalue weighted by molar-refractivity contribution is 6.01. The Morgan fingerprint density at radius 1 is 1.17 bits per heavy atom. The first-order valence-corrected chi connectivity index (χ1v) is 8.82. The second kappa shape index (κ2) is 8.92. The molecular formula is C21H21N3O5. The number of rotatable bonds is 8. The van der Waals surface area contributed by atoms with Gasteiger partial charge in [0.1, 0.15) is 17.3 Å². The maximum absolute atomic E-state index is 12.2. The third-order valence-corrected chi connectivity index (χ3v) is 4.07. The zero-order chi connectivity index (χ0) is 20.8. The summed E-state index contributed by atoms with van der Waals surface area (Å²) in [5, 5.41) is 6.97. The molecule has 0 saturated heterocycles. The molecule has 1 N–H and O–H groups in total. The van der Waals surface area contributed by atoms with Crippen molar-refractivity contribution < 1.29 is 23.5 Å². The lowest BCUT2D eigenvalue weighted by molar-refractivity contribution is -0.111. The van der Waals surface area contributed by atoms with Gasteiger partial charge < -0.3 is 19.2 Å². The summed E-state index contributed by atoms with van der Waals surface area (Å²) in [6, 6.07) is 10.4. The van der Waals surface area contributed by atoms with Crippen LogP contribution >= 0.6 is 0 Å². The fourth-order valence-electron chi connectivity index (χ4n) is 2.62. The monoisotopic (exact) mass is 395 g/mol. The first-order chi connectivity index (χ1) is 14.0.